The average molecular weight is 347 g/mol. The van der Waals surface area contributed by atoms with Crippen LogP contribution in [0.4, 0.5) is 0 Å². The molecule has 0 saturated heterocycles. The topological polar surface area (TPSA) is 9.23 Å². The Morgan fingerprint density at radius 1 is 1.10 bits per heavy atom. The summed E-state index contributed by atoms with van der Waals surface area (Å²) in [4.78, 5) is 0. The lowest BCUT2D eigenvalue weighted by Crippen LogP contribution is -2.01. The first-order valence-electron chi connectivity index (χ1n) is 7.64. The molecule has 0 aliphatic rings. The smallest absolute Gasteiger partial charge is 0.127 e. The minimum absolute atomic E-state index is 0.785. The number of ether oxygens (including phenoxy) is 1. The number of unbranched alkanes of at least 4 members (excludes halogenated alkanes) is 1. The Morgan fingerprint density at radius 3 is 2.52 bits per heavy atom. The van der Waals surface area contributed by atoms with E-state index in [2.05, 4.69) is 66.2 Å². The molecule has 0 heterocycles. The minimum Gasteiger partial charge on any atom is -0.493 e. The van der Waals surface area contributed by atoms with E-state index in [4.69, 9.17) is 4.74 Å². The van der Waals surface area contributed by atoms with Crippen molar-refractivity contribution in [3.8, 4) is 16.9 Å². The maximum atomic E-state index is 6.06. The van der Waals surface area contributed by atoms with Gasteiger partial charge in [0.25, 0.3) is 0 Å². The van der Waals surface area contributed by atoms with E-state index in [-0.39, 0.29) is 0 Å². The van der Waals surface area contributed by atoms with Crippen molar-refractivity contribution < 1.29 is 4.74 Å². The number of alkyl halides is 1. The van der Waals surface area contributed by atoms with Crippen molar-refractivity contribution in [1.82, 2.24) is 0 Å². The Hall–Kier alpha value is -1.28. The van der Waals surface area contributed by atoms with Crippen LogP contribution in [0.2, 0.25) is 0 Å². The van der Waals surface area contributed by atoms with Gasteiger partial charge in [0, 0.05) is 10.9 Å². The van der Waals surface area contributed by atoms with Gasteiger partial charge in [-0.05, 0) is 48.6 Å². The van der Waals surface area contributed by atoms with E-state index < -0.39 is 0 Å². The summed E-state index contributed by atoms with van der Waals surface area (Å²) in [5.41, 5.74) is 5.11. The summed E-state index contributed by atoms with van der Waals surface area (Å²) in [6.07, 6.45) is 3.28. The molecule has 0 aliphatic heterocycles. The molecule has 0 spiro atoms. The second kappa shape index (κ2) is 8.23. The van der Waals surface area contributed by atoms with Crippen LogP contribution in [0.15, 0.2) is 42.5 Å². The van der Waals surface area contributed by atoms with Crippen molar-refractivity contribution in [2.45, 2.75) is 33.1 Å². The van der Waals surface area contributed by atoms with Crippen LogP contribution in [0, 0.1) is 6.92 Å². The van der Waals surface area contributed by atoms with Crippen LogP contribution in [0.3, 0.4) is 0 Å². The Balaban J connectivity index is 2.39. The lowest BCUT2D eigenvalue weighted by Gasteiger charge is -2.15. The van der Waals surface area contributed by atoms with Gasteiger partial charge in [0.1, 0.15) is 5.75 Å². The van der Waals surface area contributed by atoms with Crippen molar-refractivity contribution in [2.75, 3.05) is 11.9 Å². The summed E-state index contributed by atoms with van der Waals surface area (Å²) >= 11 is 3.53. The van der Waals surface area contributed by atoms with Gasteiger partial charge in [-0.1, -0.05) is 59.6 Å². The highest BCUT2D eigenvalue weighted by Crippen LogP contribution is 2.33. The number of halogens is 1. The zero-order chi connectivity index (χ0) is 15.1. The molecular weight excluding hydrogens is 324 g/mol. The molecule has 0 radical (unpaired) electrons. The van der Waals surface area contributed by atoms with Crippen LogP contribution >= 0.6 is 15.9 Å². The quantitative estimate of drug-likeness (QED) is 0.456. The van der Waals surface area contributed by atoms with Gasteiger partial charge in [-0.3, -0.25) is 0 Å². The summed E-state index contributed by atoms with van der Waals surface area (Å²) in [5, 5.41) is 0.979. The highest BCUT2D eigenvalue weighted by Gasteiger charge is 2.10. The fraction of sp³-hybridized carbons (Fsp3) is 0.368. The highest BCUT2D eigenvalue weighted by molar-refractivity contribution is 9.09. The molecule has 0 saturated carbocycles. The van der Waals surface area contributed by atoms with Crippen LogP contribution in [0.5, 0.6) is 5.75 Å². The second-order valence-electron chi connectivity index (χ2n) is 5.28. The van der Waals surface area contributed by atoms with Gasteiger partial charge in [-0.2, -0.15) is 0 Å². The number of rotatable bonds is 7. The fourth-order valence-corrected chi connectivity index (χ4v) is 2.82. The van der Waals surface area contributed by atoms with Gasteiger partial charge in [-0.25, -0.2) is 0 Å². The largest absolute Gasteiger partial charge is 0.493 e. The van der Waals surface area contributed by atoms with Crippen LogP contribution < -0.4 is 4.74 Å². The van der Waals surface area contributed by atoms with Gasteiger partial charge in [0.15, 0.2) is 0 Å². The summed E-state index contributed by atoms with van der Waals surface area (Å²) in [6.45, 7) is 5.15. The second-order valence-corrected chi connectivity index (χ2v) is 6.07. The molecule has 0 atom stereocenters. The molecule has 1 nitrogen and oxygen atoms in total. The van der Waals surface area contributed by atoms with E-state index in [0.29, 0.717) is 0 Å². The Kier molecular flexibility index (Phi) is 6.31. The predicted octanol–water partition coefficient (Wildman–Crippen LogP) is 5.78. The van der Waals surface area contributed by atoms with Gasteiger partial charge >= 0.3 is 0 Å². The first kappa shape index (κ1) is 16.1. The molecule has 2 heteroatoms. The zero-order valence-corrected chi connectivity index (χ0v) is 14.4. The molecule has 21 heavy (non-hydrogen) atoms. The molecule has 0 aromatic heterocycles. The summed E-state index contributed by atoms with van der Waals surface area (Å²) < 4.78 is 6.06. The number of aryl methyl sites for hydroxylation is 2. The first-order chi connectivity index (χ1) is 10.3. The third-order valence-electron chi connectivity index (χ3n) is 3.64. The first-order valence-corrected chi connectivity index (χ1v) is 8.76. The summed E-state index contributed by atoms with van der Waals surface area (Å²) in [5.74, 6) is 1.01. The van der Waals surface area contributed by atoms with E-state index in [1.807, 2.05) is 6.07 Å². The van der Waals surface area contributed by atoms with Crippen LogP contribution in [0.1, 0.15) is 30.9 Å². The van der Waals surface area contributed by atoms with Crippen molar-refractivity contribution in [3.63, 3.8) is 0 Å². The van der Waals surface area contributed by atoms with Crippen molar-refractivity contribution >= 4 is 15.9 Å². The van der Waals surface area contributed by atoms with Gasteiger partial charge < -0.3 is 4.74 Å². The summed E-state index contributed by atoms with van der Waals surface area (Å²) in [6, 6.07) is 15.0. The Morgan fingerprint density at radius 2 is 1.86 bits per heavy atom. The van der Waals surface area contributed by atoms with E-state index >= 15 is 0 Å². The lowest BCUT2D eigenvalue weighted by atomic mass is 9.97. The zero-order valence-electron chi connectivity index (χ0n) is 12.9. The minimum atomic E-state index is 0.785. The van der Waals surface area contributed by atoms with Gasteiger partial charge in [-0.15, -0.1) is 0 Å². The Bertz CT molecular complexity index is 563. The molecular formula is C19H23BrO. The molecule has 0 N–H and O–H groups in total. The maximum Gasteiger partial charge on any atom is 0.127 e. The standard InChI is InChI=1S/C19H23BrO/c1-3-4-12-21-19-14-17(10-11-20)15(2)13-18(19)16-8-6-5-7-9-16/h5-9,13-14H,3-4,10-12H2,1-2H3. The normalized spacial score (nSPS) is 10.6. The molecule has 112 valence electrons. The van der Waals surface area contributed by atoms with Crippen molar-refractivity contribution in [3.05, 3.63) is 53.6 Å². The SMILES string of the molecule is CCCCOc1cc(CCBr)c(C)cc1-c1ccccc1. The van der Waals surface area contributed by atoms with E-state index in [9.17, 15) is 0 Å². The van der Waals surface area contributed by atoms with Crippen LogP contribution in [-0.4, -0.2) is 11.9 Å². The van der Waals surface area contributed by atoms with Crippen molar-refractivity contribution in [2.24, 2.45) is 0 Å². The van der Waals surface area contributed by atoms with Crippen LogP contribution in [0.25, 0.3) is 11.1 Å². The molecule has 0 unspecified atom stereocenters. The number of hydrogen-bond donors (Lipinski definition) is 0. The molecule has 2 aromatic rings. The lowest BCUT2D eigenvalue weighted by molar-refractivity contribution is 0.310. The third-order valence-corrected chi connectivity index (χ3v) is 4.04. The summed E-state index contributed by atoms with van der Waals surface area (Å²) in [7, 11) is 0. The third kappa shape index (κ3) is 4.34. The fourth-order valence-electron chi connectivity index (χ4n) is 2.39. The van der Waals surface area contributed by atoms with E-state index in [1.165, 1.54) is 22.3 Å². The number of benzene rings is 2. The Labute approximate surface area is 136 Å². The molecule has 0 amide bonds. The molecule has 2 rings (SSSR count). The predicted molar refractivity (Wildman–Crippen MR) is 94.5 cm³/mol. The maximum absolute atomic E-state index is 6.06. The van der Waals surface area contributed by atoms with Gasteiger partial charge in [0.05, 0.1) is 6.61 Å². The van der Waals surface area contributed by atoms with Crippen LogP contribution in [-0.2, 0) is 6.42 Å². The number of hydrogen-bond acceptors (Lipinski definition) is 1. The van der Waals surface area contributed by atoms with E-state index in [1.54, 1.807) is 0 Å². The molecule has 2 aromatic carbocycles. The van der Waals surface area contributed by atoms with Crippen molar-refractivity contribution in [1.29, 1.82) is 0 Å². The molecule has 0 aliphatic carbocycles. The van der Waals surface area contributed by atoms with E-state index in [0.717, 1.165) is 36.9 Å². The monoisotopic (exact) mass is 346 g/mol. The average Bonchev–Trinajstić information content (AvgIpc) is 2.51. The van der Waals surface area contributed by atoms with Gasteiger partial charge in [0.2, 0.25) is 0 Å². The highest BCUT2D eigenvalue weighted by atomic mass is 79.9. The molecule has 0 bridgehead atoms. The molecule has 0 fully saturated rings.